The Morgan fingerprint density at radius 3 is 2.44 bits per heavy atom. The van der Waals surface area contributed by atoms with Gasteiger partial charge in [0.25, 0.3) is 0 Å². The van der Waals surface area contributed by atoms with Crippen molar-refractivity contribution in [1.82, 2.24) is 15.1 Å². The summed E-state index contributed by atoms with van der Waals surface area (Å²) in [7, 11) is 0. The highest BCUT2D eigenvalue weighted by atomic mass is 16.2. The molecule has 0 radical (unpaired) electrons. The summed E-state index contributed by atoms with van der Waals surface area (Å²) in [6.45, 7) is 4.39. The summed E-state index contributed by atoms with van der Waals surface area (Å²) >= 11 is 0. The van der Waals surface area contributed by atoms with Crippen molar-refractivity contribution in [1.29, 1.82) is 0 Å². The topological polar surface area (TPSA) is 69.7 Å². The first-order valence-corrected chi connectivity index (χ1v) is 9.85. The van der Waals surface area contributed by atoms with Crippen molar-refractivity contribution < 1.29 is 14.4 Å². The summed E-state index contributed by atoms with van der Waals surface area (Å²) < 4.78 is 0. The molecule has 0 saturated carbocycles. The molecule has 1 aromatic rings. The second kappa shape index (κ2) is 8.55. The minimum Gasteiger partial charge on any atom is -0.347 e. The van der Waals surface area contributed by atoms with Crippen LogP contribution in [0.3, 0.4) is 0 Å². The van der Waals surface area contributed by atoms with Crippen LogP contribution in [0, 0.1) is 0 Å². The van der Waals surface area contributed by atoms with Crippen molar-refractivity contribution in [2.45, 2.75) is 57.5 Å². The number of fused-ring (bicyclic) bond motifs is 1. The van der Waals surface area contributed by atoms with Gasteiger partial charge in [0.05, 0.1) is 18.6 Å². The third-order valence-electron chi connectivity index (χ3n) is 5.80. The average molecular weight is 371 g/mol. The van der Waals surface area contributed by atoms with Gasteiger partial charge in [-0.3, -0.25) is 14.4 Å². The zero-order valence-corrected chi connectivity index (χ0v) is 16.2. The summed E-state index contributed by atoms with van der Waals surface area (Å²) in [5, 5.41) is 2.62. The van der Waals surface area contributed by atoms with Crippen LogP contribution in [-0.2, 0) is 14.4 Å². The number of benzene rings is 1. The molecule has 1 N–H and O–H groups in total. The molecule has 0 spiro atoms. The van der Waals surface area contributed by atoms with Crippen LogP contribution in [0.15, 0.2) is 30.3 Å². The van der Waals surface area contributed by atoms with Crippen molar-refractivity contribution in [3.8, 4) is 0 Å². The molecule has 27 heavy (non-hydrogen) atoms. The molecule has 0 bridgehead atoms. The van der Waals surface area contributed by atoms with Gasteiger partial charge >= 0.3 is 0 Å². The summed E-state index contributed by atoms with van der Waals surface area (Å²) in [6.07, 6.45) is 4.02. The normalized spacial score (nSPS) is 25.3. The van der Waals surface area contributed by atoms with Gasteiger partial charge in [0, 0.05) is 32.9 Å². The van der Waals surface area contributed by atoms with E-state index in [9.17, 15) is 14.4 Å². The number of carbonyl (C=O) groups excluding carboxylic acids is 3. The molecule has 0 aliphatic carbocycles. The fourth-order valence-electron chi connectivity index (χ4n) is 4.58. The molecule has 2 fully saturated rings. The lowest BCUT2D eigenvalue weighted by Crippen LogP contribution is -2.52. The number of hydrogen-bond acceptors (Lipinski definition) is 3. The zero-order valence-electron chi connectivity index (χ0n) is 16.2. The maximum Gasteiger partial charge on any atom is 0.242 e. The van der Waals surface area contributed by atoms with E-state index in [0.29, 0.717) is 6.54 Å². The van der Waals surface area contributed by atoms with Crippen LogP contribution in [0.5, 0.6) is 0 Å². The van der Waals surface area contributed by atoms with Gasteiger partial charge in [0.2, 0.25) is 17.7 Å². The van der Waals surface area contributed by atoms with Gasteiger partial charge in [0.15, 0.2) is 0 Å². The van der Waals surface area contributed by atoms with Gasteiger partial charge in [0.1, 0.15) is 0 Å². The van der Waals surface area contributed by atoms with E-state index in [2.05, 4.69) is 17.4 Å². The van der Waals surface area contributed by atoms with E-state index in [-0.39, 0.29) is 42.3 Å². The van der Waals surface area contributed by atoms with Gasteiger partial charge in [-0.1, -0.05) is 43.2 Å². The standard InChI is InChI=1S/C21H29N3O3/c1-15(25)22-13-20(27)24-14-18(17-9-5-3-6-10-17)21-19(24)11-7-4-8-12-23(21)16(2)26/h3,5-6,9-10,18-19,21H,4,7-8,11-14H2,1-2H3,(H,22,25)/t18-,19+,21-/m0/s1. The molecular formula is C21H29N3O3. The molecular weight excluding hydrogens is 342 g/mol. The predicted octanol–water partition coefficient (Wildman–Crippen LogP) is 1.91. The molecule has 6 nitrogen and oxygen atoms in total. The summed E-state index contributed by atoms with van der Waals surface area (Å²) in [4.78, 5) is 40.4. The minimum atomic E-state index is -0.207. The van der Waals surface area contributed by atoms with Gasteiger partial charge in [-0.15, -0.1) is 0 Å². The Bertz CT molecular complexity index is 691. The van der Waals surface area contributed by atoms with E-state index in [4.69, 9.17) is 0 Å². The van der Waals surface area contributed by atoms with Crippen LogP contribution in [0.25, 0.3) is 0 Å². The SMILES string of the molecule is CC(=O)NCC(=O)N1C[C@@H](c2ccccc2)[C@H]2[C@H]1CCCCCN2C(C)=O. The second-order valence-electron chi connectivity index (χ2n) is 7.59. The van der Waals surface area contributed by atoms with Gasteiger partial charge in [-0.2, -0.15) is 0 Å². The zero-order chi connectivity index (χ0) is 19.4. The molecule has 146 valence electrons. The third kappa shape index (κ3) is 4.31. The van der Waals surface area contributed by atoms with E-state index in [1.54, 1.807) is 6.92 Å². The minimum absolute atomic E-state index is 0.000615. The van der Waals surface area contributed by atoms with Gasteiger partial charge in [-0.05, 0) is 18.4 Å². The summed E-state index contributed by atoms with van der Waals surface area (Å²) in [5.74, 6) is -0.104. The molecule has 3 rings (SSSR count). The van der Waals surface area contributed by atoms with E-state index >= 15 is 0 Å². The fourth-order valence-corrected chi connectivity index (χ4v) is 4.58. The van der Waals surface area contributed by atoms with Gasteiger partial charge in [-0.25, -0.2) is 0 Å². The van der Waals surface area contributed by atoms with Crippen LogP contribution in [-0.4, -0.2) is 59.2 Å². The number of amides is 3. The Balaban J connectivity index is 1.94. The molecule has 2 saturated heterocycles. The van der Waals surface area contributed by atoms with Crippen LogP contribution in [0.4, 0.5) is 0 Å². The molecule has 2 heterocycles. The maximum atomic E-state index is 12.9. The average Bonchev–Trinajstić information content (AvgIpc) is 2.98. The molecule has 0 unspecified atom stereocenters. The van der Waals surface area contributed by atoms with Crippen molar-refractivity contribution >= 4 is 17.7 Å². The molecule has 2 aliphatic rings. The van der Waals surface area contributed by atoms with Crippen LogP contribution in [0.2, 0.25) is 0 Å². The Hall–Kier alpha value is -2.37. The van der Waals surface area contributed by atoms with Crippen molar-refractivity contribution in [3.05, 3.63) is 35.9 Å². The van der Waals surface area contributed by atoms with Crippen molar-refractivity contribution in [2.75, 3.05) is 19.6 Å². The quantitative estimate of drug-likeness (QED) is 0.882. The monoisotopic (exact) mass is 371 g/mol. The second-order valence-corrected chi connectivity index (χ2v) is 7.59. The highest BCUT2D eigenvalue weighted by molar-refractivity contribution is 5.84. The Morgan fingerprint density at radius 2 is 1.78 bits per heavy atom. The number of hydrogen-bond donors (Lipinski definition) is 1. The lowest BCUT2D eigenvalue weighted by molar-refractivity contribution is -0.137. The van der Waals surface area contributed by atoms with Crippen LogP contribution >= 0.6 is 0 Å². The van der Waals surface area contributed by atoms with Crippen LogP contribution in [0.1, 0.15) is 51.0 Å². The van der Waals surface area contributed by atoms with Gasteiger partial charge < -0.3 is 15.1 Å². The number of nitrogens with zero attached hydrogens (tertiary/aromatic N) is 2. The predicted molar refractivity (Wildman–Crippen MR) is 103 cm³/mol. The first-order valence-electron chi connectivity index (χ1n) is 9.85. The number of likely N-dealkylation sites (tertiary alicyclic amines) is 2. The molecule has 0 aromatic heterocycles. The Labute approximate surface area is 160 Å². The lowest BCUT2D eigenvalue weighted by Gasteiger charge is -2.38. The smallest absolute Gasteiger partial charge is 0.242 e. The largest absolute Gasteiger partial charge is 0.347 e. The molecule has 3 atom stereocenters. The first-order chi connectivity index (χ1) is 13.0. The van der Waals surface area contributed by atoms with E-state index in [1.165, 1.54) is 6.92 Å². The van der Waals surface area contributed by atoms with E-state index in [0.717, 1.165) is 37.8 Å². The summed E-state index contributed by atoms with van der Waals surface area (Å²) in [6, 6.07) is 10.2. The molecule has 3 amide bonds. The molecule has 1 aromatic carbocycles. The fraction of sp³-hybridized carbons (Fsp3) is 0.571. The van der Waals surface area contributed by atoms with Crippen molar-refractivity contribution in [2.24, 2.45) is 0 Å². The molecule has 6 heteroatoms. The third-order valence-corrected chi connectivity index (χ3v) is 5.80. The number of rotatable bonds is 3. The Kier molecular flexibility index (Phi) is 6.14. The van der Waals surface area contributed by atoms with E-state index in [1.807, 2.05) is 28.0 Å². The highest BCUT2D eigenvalue weighted by Crippen LogP contribution is 2.39. The number of carbonyl (C=O) groups is 3. The first kappa shape index (κ1) is 19.4. The Morgan fingerprint density at radius 1 is 1.04 bits per heavy atom. The number of nitrogens with one attached hydrogen (secondary N) is 1. The highest BCUT2D eigenvalue weighted by Gasteiger charge is 2.47. The molecule has 2 aliphatic heterocycles. The van der Waals surface area contributed by atoms with Crippen LogP contribution < -0.4 is 5.32 Å². The van der Waals surface area contributed by atoms with Crippen molar-refractivity contribution in [3.63, 3.8) is 0 Å². The lowest BCUT2D eigenvalue weighted by atomic mass is 9.87. The van der Waals surface area contributed by atoms with E-state index < -0.39 is 0 Å². The maximum absolute atomic E-state index is 12.9. The summed E-state index contributed by atoms with van der Waals surface area (Å²) in [5.41, 5.74) is 1.16.